The van der Waals surface area contributed by atoms with E-state index in [1.54, 1.807) is 29.5 Å². The second kappa shape index (κ2) is 7.94. The van der Waals surface area contributed by atoms with E-state index in [2.05, 4.69) is 5.32 Å². The van der Waals surface area contributed by atoms with Crippen molar-refractivity contribution in [3.63, 3.8) is 0 Å². The topological polar surface area (TPSA) is 136 Å². The van der Waals surface area contributed by atoms with Crippen molar-refractivity contribution in [2.75, 3.05) is 13.2 Å². The Morgan fingerprint density at radius 1 is 1.17 bits per heavy atom. The zero-order chi connectivity index (χ0) is 25.0. The van der Waals surface area contributed by atoms with Crippen molar-refractivity contribution in [2.45, 2.75) is 88.6 Å². The van der Waals surface area contributed by atoms with Crippen LogP contribution in [0.4, 0.5) is 0 Å². The highest BCUT2D eigenvalue weighted by Crippen LogP contribution is 2.80. The van der Waals surface area contributed by atoms with Crippen molar-refractivity contribution in [1.82, 2.24) is 5.32 Å². The highest BCUT2D eigenvalue weighted by atomic mass is 127. The molecule has 2 spiro atoms. The molecule has 194 valence electrons. The molecule has 0 aromatic carbocycles. The van der Waals surface area contributed by atoms with Crippen molar-refractivity contribution < 1.29 is 34.4 Å². The smallest absolute Gasteiger partial charge is 0.224 e. The second-order valence-electron chi connectivity index (χ2n) is 12.6. The Kier molecular flexibility index (Phi) is 5.61. The summed E-state index contributed by atoms with van der Waals surface area (Å²) in [7, 11) is 0. The summed E-state index contributed by atoms with van der Waals surface area (Å²) in [4.78, 5) is 40.7. The van der Waals surface area contributed by atoms with Crippen LogP contribution in [-0.4, -0.2) is 67.9 Å². The number of nitrogens with one attached hydrogen (secondary N) is 1. The van der Waals surface area contributed by atoms with Gasteiger partial charge in [-0.1, -0.05) is 19.3 Å². The van der Waals surface area contributed by atoms with Gasteiger partial charge >= 0.3 is 0 Å². The van der Waals surface area contributed by atoms with Gasteiger partial charge in [-0.3, -0.25) is 14.4 Å². The number of carbonyl (C=O) groups excluding carboxylic acids is 3. The molecule has 35 heavy (non-hydrogen) atoms. The number of Topliss-reactive ketones (excluding diaryl/α,β-unsaturated/α-hetero) is 1. The summed E-state index contributed by atoms with van der Waals surface area (Å²) < 4.78 is 5.98. The minimum Gasteiger partial charge on any atom is -0.395 e. The van der Waals surface area contributed by atoms with E-state index in [0.717, 1.165) is 25.7 Å². The van der Waals surface area contributed by atoms with E-state index >= 15 is 0 Å². The van der Waals surface area contributed by atoms with Crippen LogP contribution in [0.15, 0.2) is 0 Å². The number of halogens is 1. The molecule has 0 radical (unpaired) electrons. The van der Waals surface area contributed by atoms with Crippen molar-refractivity contribution >= 4 is 38.1 Å². The maximum Gasteiger partial charge on any atom is 0.224 e. The van der Waals surface area contributed by atoms with Crippen molar-refractivity contribution in [1.29, 1.82) is 0 Å². The summed E-state index contributed by atoms with van der Waals surface area (Å²) in [5.74, 6) is -1.29. The third kappa shape index (κ3) is 2.96. The normalized spacial score (nSPS) is 52.4. The maximum absolute atomic E-state index is 14.1. The molecular weight excluding hydrogens is 565 g/mol. The molecule has 1 aliphatic heterocycles. The molecule has 9 heteroatoms. The van der Waals surface area contributed by atoms with E-state index in [1.165, 1.54) is 6.42 Å². The maximum atomic E-state index is 14.1. The Morgan fingerprint density at radius 3 is 2.54 bits per heavy atom. The first-order chi connectivity index (χ1) is 16.6. The Hall–Kier alpha value is -0.620. The van der Waals surface area contributed by atoms with Gasteiger partial charge in [-0.05, 0) is 56.3 Å². The number of amides is 1. The molecule has 1 amide bonds. The standard InChI is InChI=1S/C26H36INO7/c1-23(22(27)34)18-16(21(33)28-10-13-5-3-2-4-6-13)25-9-15(30)24(11-25,12-29)8-7-14(25)26(18)20(35-26)17(31)19(23)32/h13-14,16-20,29,31-32H,2-12H2,1H3,(H,28,33)/t14-,16-,17+,18-,19+,20-,23+,24+,25-,26+/m1/s1. The number of aliphatic hydroxyl groups excluding tert-OH is 3. The number of hydrogen-bond donors (Lipinski definition) is 4. The molecule has 0 aromatic heterocycles. The molecule has 10 atom stereocenters. The molecule has 2 bridgehead atoms. The summed E-state index contributed by atoms with van der Waals surface area (Å²) in [6, 6.07) is 0. The molecule has 1 saturated heterocycles. The lowest BCUT2D eigenvalue weighted by molar-refractivity contribution is -0.154. The van der Waals surface area contributed by atoms with Gasteiger partial charge in [0.2, 0.25) is 9.70 Å². The third-order valence-electron chi connectivity index (χ3n) is 11.2. The number of hydrogen-bond acceptors (Lipinski definition) is 7. The Balaban J connectivity index is 1.44. The number of ether oxygens (including phenoxy) is 1. The van der Waals surface area contributed by atoms with Crippen molar-refractivity contribution in [3.05, 3.63) is 0 Å². The van der Waals surface area contributed by atoms with Gasteiger partial charge in [-0.15, -0.1) is 0 Å². The number of epoxide rings is 1. The van der Waals surface area contributed by atoms with Crippen LogP contribution in [0.25, 0.3) is 0 Å². The molecule has 6 aliphatic rings. The van der Waals surface area contributed by atoms with Gasteiger partial charge in [0.05, 0.1) is 29.5 Å². The van der Waals surface area contributed by atoms with Gasteiger partial charge in [0.25, 0.3) is 0 Å². The van der Waals surface area contributed by atoms with E-state index in [9.17, 15) is 29.7 Å². The van der Waals surface area contributed by atoms with Gasteiger partial charge in [-0.25, -0.2) is 0 Å². The van der Waals surface area contributed by atoms with E-state index < -0.39 is 52.0 Å². The summed E-state index contributed by atoms with van der Waals surface area (Å²) in [5, 5.41) is 35.6. The van der Waals surface area contributed by atoms with Crippen LogP contribution in [0.1, 0.15) is 64.7 Å². The first kappa shape index (κ1) is 24.7. The number of ketones is 1. The summed E-state index contributed by atoms with van der Waals surface area (Å²) in [6.07, 6.45) is 4.16. The predicted octanol–water partition coefficient (Wildman–Crippen LogP) is 1.51. The Morgan fingerprint density at radius 2 is 1.89 bits per heavy atom. The average Bonchev–Trinajstić information content (AvgIpc) is 3.47. The van der Waals surface area contributed by atoms with Gasteiger partial charge in [-0.2, -0.15) is 0 Å². The number of aliphatic hydroxyl groups is 3. The highest BCUT2D eigenvalue weighted by Gasteiger charge is 2.89. The largest absolute Gasteiger partial charge is 0.395 e. The van der Waals surface area contributed by atoms with Crippen LogP contribution in [0.5, 0.6) is 0 Å². The summed E-state index contributed by atoms with van der Waals surface area (Å²) in [6.45, 7) is 1.98. The summed E-state index contributed by atoms with van der Waals surface area (Å²) >= 11 is 1.69. The number of carbonyl (C=O) groups is 3. The van der Waals surface area contributed by atoms with Gasteiger partial charge in [0, 0.05) is 41.5 Å². The molecule has 6 fully saturated rings. The van der Waals surface area contributed by atoms with Gasteiger partial charge < -0.3 is 25.4 Å². The lowest BCUT2D eigenvalue weighted by Gasteiger charge is -2.46. The SMILES string of the molecule is C[C@]1(C(=O)I)[C@H]2[C@H](C(=O)NCC3CCCCC3)[C@@]34CC(=O)[C@@](CO)(CC[C@H]3[C@]23O[C@@H]3[C@@H](O)[C@@H]1O)C4. The number of fused-ring (bicyclic) bond motifs is 1. The van der Waals surface area contributed by atoms with E-state index in [4.69, 9.17) is 4.74 Å². The number of rotatable bonds is 5. The minimum absolute atomic E-state index is 0.0107. The quantitative estimate of drug-likeness (QED) is 0.213. The van der Waals surface area contributed by atoms with E-state index in [0.29, 0.717) is 31.7 Å². The van der Waals surface area contributed by atoms with Crippen LogP contribution in [-0.2, 0) is 19.1 Å². The molecule has 5 aliphatic carbocycles. The molecule has 1 heterocycles. The van der Waals surface area contributed by atoms with Crippen LogP contribution < -0.4 is 5.32 Å². The lowest BCUT2D eigenvalue weighted by Crippen LogP contribution is -2.62. The van der Waals surface area contributed by atoms with Crippen LogP contribution >= 0.6 is 22.6 Å². The highest BCUT2D eigenvalue weighted by molar-refractivity contribution is 14.1. The van der Waals surface area contributed by atoms with Gasteiger partial charge in [0.15, 0.2) is 0 Å². The molecule has 6 rings (SSSR count). The Labute approximate surface area is 219 Å². The lowest BCUT2D eigenvalue weighted by atomic mass is 9.58. The van der Waals surface area contributed by atoms with E-state index in [1.807, 2.05) is 0 Å². The monoisotopic (exact) mass is 601 g/mol. The first-order valence-corrected chi connectivity index (χ1v) is 14.3. The molecule has 4 N–H and O–H groups in total. The van der Waals surface area contributed by atoms with Crippen LogP contribution in [0, 0.1) is 39.9 Å². The average molecular weight is 601 g/mol. The van der Waals surface area contributed by atoms with Crippen molar-refractivity contribution in [3.8, 4) is 0 Å². The van der Waals surface area contributed by atoms with Crippen LogP contribution in [0.3, 0.4) is 0 Å². The fourth-order valence-corrected chi connectivity index (χ4v) is 10.2. The second-order valence-corrected chi connectivity index (χ2v) is 13.6. The zero-order valence-corrected chi connectivity index (χ0v) is 22.3. The molecule has 8 nitrogen and oxygen atoms in total. The minimum atomic E-state index is -1.39. The molecule has 0 aromatic rings. The molecular formula is C26H36INO7. The van der Waals surface area contributed by atoms with Crippen molar-refractivity contribution in [2.24, 2.45) is 39.9 Å². The van der Waals surface area contributed by atoms with E-state index in [-0.39, 0.29) is 34.4 Å². The Bertz CT molecular complexity index is 969. The third-order valence-corrected chi connectivity index (χ3v) is 12.4. The zero-order valence-electron chi connectivity index (χ0n) is 20.2. The van der Waals surface area contributed by atoms with Crippen LogP contribution in [0.2, 0.25) is 0 Å². The summed E-state index contributed by atoms with van der Waals surface area (Å²) in [5.41, 5.74) is -3.90. The molecule has 5 saturated carbocycles. The fourth-order valence-electron chi connectivity index (χ4n) is 9.57. The fraction of sp³-hybridized carbons (Fsp3) is 0.885. The predicted molar refractivity (Wildman–Crippen MR) is 132 cm³/mol. The first-order valence-electron chi connectivity index (χ1n) is 13.2. The van der Waals surface area contributed by atoms with Gasteiger partial charge in [0.1, 0.15) is 23.6 Å². The molecule has 0 unspecified atom stereocenters.